The van der Waals surface area contributed by atoms with Gasteiger partial charge in [-0.25, -0.2) is 4.98 Å². The van der Waals surface area contributed by atoms with E-state index in [9.17, 15) is 0 Å². The van der Waals surface area contributed by atoms with Gasteiger partial charge in [0, 0.05) is 32.3 Å². The highest BCUT2D eigenvalue weighted by Crippen LogP contribution is 2.25. The molecular formula is C18H24N4O4. The third-order valence-corrected chi connectivity index (χ3v) is 4.01. The molecule has 1 aliphatic rings. The van der Waals surface area contributed by atoms with Crippen LogP contribution in [0, 0.1) is 0 Å². The normalized spacial score (nSPS) is 15.0. The lowest BCUT2D eigenvalue weighted by Gasteiger charge is -2.26. The SMILES string of the molecule is COCOc1ccc(-c2ncc(OCCN3CCOCC3)nc2N)cc1. The number of morpholine rings is 1. The van der Waals surface area contributed by atoms with E-state index in [-0.39, 0.29) is 6.79 Å². The number of ether oxygens (including phenoxy) is 4. The van der Waals surface area contributed by atoms with Crippen LogP contribution in [0.4, 0.5) is 5.82 Å². The van der Waals surface area contributed by atoms with Crippen molar-refractivity contribution in [3.63, 3.8) is 0 Å². The predicted molar refractivity (Wildman–Crippen MR) is 97.1 cm³/mol. The fraction of sp³-hybridized carbons (Fsp3) is 0.444. The second-order valence-corrected chi connectivity index (χ2v) is 5.82. The van der Waals surface area contributed by atoms with Crippen molar-refractivity contribution in [1.82, 2.24) is 14.9 Å². The second kappa shape index (κ2) is 9.33. The number of hydrogen-bond acceptors (Lipinski definition) is 8. The van der Waals surface area contributed by atoms with Gasteiger partial charge in [0.1, 0.15) is 18.1 Å². The highest BCUT2D eigenvalue weighted by Gasteiger charge is 2.11. The number of hydrogen-bond donors (Lipinski definition) is 1. The van der Waals surface area contributed by atoms with E-state index >= 15 is 0 Å². The minimum atomic E-state index is 0.206. The third kappa shape index (κ3) is 5.04. The van der Waals surface area contributed by atoms with E-state index in [1.807, 2.05) is 24.3 Å². The first-order valence-corrected chi connectivity index (χ1v) is 8.54. The Morgan fingerprint density at radius 3 is 2.62 bits per heavy atom. The molecule has 0 radical (unpaired) electrons. The zero-order valence-electron chi connectivity index (χ0n) is 14.9. The Balaban J connectivity index is 1.56. The Morgan fingerprint density at radius 1 is 1.15 bits per heavy atom. The lowest BCUT2D eigenvalue weighted by Crippen LogP contribution is -2.38. The maximum Gasteiger partial charge on any atom is 0.234 e. The molecule has 1 aromatic heterocycles. The fourth-order valence-electron chi connectivity index (χ4n) is 2.62. The van der Waals surface area contributed by atoms with Crippen molar-refractivity contribution in [1.29, 1.82) is 0 Å². The standard InChI is InChI=1S/C18H24N4O4/c1-23-13-26-15-4-2-14(3-5-15)17-18(19)21-16(12-20-17)25-11-8-22-6-9-24-10-7-22/h2-5,12H,6-11,13H2,1H3,(H2,19,21). The third-order valence-electron chi connectivity index (χ3n) is 4.01. The number of benzene rings is 1. The largest absolute Gasteiger partial charge is 0.475 e. The smallest absolute Gasteiger partial charge is 0.234 e. The predicted octanol–water partition coefficient (Wildman–Crippen LogP) is 1.42. The number of nitrogens with zero attached hydrogens (tertiary/aromatic N) is 3. The molecular weight excluding hydrogens is 336 g/mol. The van der Waals surface area contributed by atoms with E-state index in [2.05, 4.69) is 14.9 Å². The first-order valence-electron chi connectivity index (χ1n) is 8.54. The van der Waals surface area contributed by atoms with Crippen molar-refractivity contribution < 1.29 is 18.9 Å². The maximum atomic E-state index is 6.05. The van der Waals surface area contributed by atoms with Gasteiger partial charge >= 0.3 is 0 Å². The molecule has 2 aromatic rings. The Bertz CT molecular complexity index is 690. The highest BCUT2D eigenvalue weighted by atomic mass is 16.7. The van der Waals surface area contributed by atoms with Gasteiger partial charge < -0.3 is 24.7 Å². The molecule has 1 saturated heterocycles. The van der Waals surface area contributed by atoms with Crippen LogP contribution in [0.25, 0.3) is 11.3 Å². The van der Waals surface area contributed by atoms with Gasteiger partial charge in [-0.3, -0.25) is 4.90 Å². The van der Waals surface area contributed by atoms with Crippen molar-refractivity contribution in [2.75, 3.05) is 59.1 Å². The van der Waals surface area contributed by atoms with Crippen molar-refractivity contribution in [2.24, 2.45) is 0 Å². The second-order valence-electron chi connectivity index (χ2n) is 5.82. The van der Waals surface area contributed by atoms with E-state index in [4.69, 9.17) is 24.7 Å². The molecule has 8 heteroatoms. The molecule has 0 atom stereocenters. The van der Waals surface area contributed by atoms with Gasteiger partial charge in [0.05, 0.1) is 19.4 Å². The topological polar surface area (TPSA) is 92.0 Å². The van der Waals surface area contributed by atoms with E-state index in [1.54, 1.807) is 13.3 Å². The van der Waals surface area contributed by atoms with Gasteiger partial charge in [0.2, 0.25) is 5.88 Å². The highest BCUT2D eigenvalue weighted by molar-refractivity contribution is 5.70. The number of methoxy groups -OCH3 is 1. The lowest BCUT2D eigenvalue weighted by atomic mass is 10.1. The molecule has 0 saturated carbocycles. The minimum Gasteiger partial charge on any atom is -0.475 e. The summed E-state index contributed by atoms with van der Waals surface area (Å²) in [5, 5.41) is 0. The van der Waals surface area contributed by atoms with Crippen LogP contribution in [-0.2, 0) is 9.47 Å². The van der Waals surface area contributed by atoms with Gasteiger partial charge in [0.25, 0.3) is 0 Å². The van der Waals surface area contributed by atoms with E-state index in [1.165, 1.54) is 0 Å². The monoisotopic (exact) mass is 360 g/mol. The summed E-state index contributed by atoms with van der Waals surface area (Å²) in [6.07, 6.45) is 1.60. The summed E-state index contributed by atoms with van der Waals surface area (Å²) < 4.78 is 21.2. The van der Waals surface area contributed by atoms with E-state index in [0.29, 0.717) is 29.7 Å². The Labute approximate surface area is 152 Å². The van der Waals surface area contributed by atoms with Gasteiger partial charge in [0.15, 0.2) is 12.6 Å². The van der Waals surface area contributed by atoms with Crippen molar-refractivity contribution in [2.45, 2.75) is 0 Å². The molecule has 1 aliphatic heterocycles. The quantitative estimate of drug-likeness (QED) is 0.707. The van der Waals surface area contributed by atoms with E-state index < -0.39 is 0 Å². The van der Waals surface area contributed by atoms with Gasteiger partial charge in [-0.1, -0.05) is 0 Å². The number of nitrogen functional groups attached to an aromatic ring is 1. The average Bonchev–Trinajstić information content (AvgIpc) is 2.68. The molecule has 0 amide bonds. The number of rotatable bonds is 8. The van der Waals surface area contributed by atoms with Crippen molar-refractivity contribution in [3.8, 4) is 22.9 Å². The lowest BCUT2D eigenvalue weighted by molar-refractivity contribution is 0.0320. The minimum absolute atomic E-state index is 0.206. The summed E-state index contributed by atoms with van der Waals surface area (Å²) in [4.78, 5) is 11.0. The zero-order chi connectivity index (χ0) is 18.2. The molecule has 2 heterocycles. The molecule has 0 aliphatic carbocycles. The summed E-state index contributed by atoms with van der Waals surface area (Å²) >= 11 is 0. The Kier molecular flexibility index (Phi) is 6.59. The molecule has 0 bridgehead atoms. The van der Waals surface area contributed by atoms with Crippen LogP contribution in [0.3, 0.4) is 0 Å². The summed E-state index contributed by atoms with van der Waals surface area (Å²) in [7, 11) is 1.58. The van der Waals surface area contributed by atoms with Crippen LogP contribution >= 0.6 is 0 Å². The van der Waals surface area contributed by atoms with Crippen LogP contribution < -0.4 is 15.2 Å². The van der Waals surface area contributed by atoms with Crippen LogP contribution in [0.1, 0.15) is 0 Å². The average molecular weight is 360 g/mol. The van der Waals surface area contributed by atoms with Crippen LogP contribution in [0.15, 0.2) is 30.5 Å². The summed E-state index contributed by atoms with van der Waals surface area (Å²) in [6, 6.07) is 7.43. The van der Waals surface area contributed by atoms with Gasteiger partial charge in [-0.2, -0.15) is 4.98 Å². The molecule has 1 aromatic carbocycles. The van der Waals surface area contributed by atoms with Crippen LogP contribution in [-0.4, -0.2) is 68.2 Å². The van der Waals surface area contributed by atoms with E-state index in [0.717, 1.165) is 38.4 Å². The molecule has 140 valence electrons. The maximum absolute atomic E-state index is 6.05. The van der Waals surface area contributed by atoms with Gasteiger partial charge in [-0.15, -0.1) is 0 Å². The number of nitrogens with two attached hydrogens (primary N) is 1. The van der Waals surface area contributed by atoms with Crippen LogP contribution in [0.2, 0.25) is 0 Å². The molecule has 0 unspecified atom stereocenters. The van der Waals surface area contributed by atoms with Crippen molar-refractivity contribution in [3.05, 3.63) is 30.5 Å². The summed E-state index contributed by atoms with van der Waals surface area (Å²) in [6.45, 7) is 4.99. The van der Waals surface area contributed by atoms with Crippen molar-refractivity contribution >= 4 is 5.82 Å². The molecule has 2 N–H and O–H groups in total. The first kappa shape index (κ1) is 18.4. The Hall–Kier alpha value is -2.42. The summed E-state index contributed by atoms with van der Waals surface area (Å²) in [5.74, 6) is 1.48. The zero-order valence-corrected chi connectivity index (χ0v) is 14.9. The number of anilines is 1. The molecule has 26 heavy (non-hydrogen) atoms. The number of aromatic nitrogens is 2. The first-order chi connectivity index (χ1) is 12.8. The molecule has 0 spiro atoms. The Morgan fingerprint density at radius 2 is 1.92 bits per heavy atom. The van der Waals surface area contributed by atoms with Gasteiger partial charge in [-0.05, 0) is 24.3 Å². The summed E-state index contributed by atoms with van der Waals surface area (Å²) in [5.41, 5.74) is 7.53. The molecule has 3 rings (SSSR count). The fourth-order valence-corrected chi connectivity index (χ4v) is 2.62. The van der Waals surface area contributed by atoms with Crippen LogP contribution in [0.5, 0.6) is 11.6 Å². The molecule has 1 fully saturated rings. The molecule has 8 nitrogen and oxygen atoms in total.